The van der Waals surface area contributed by atoms with Gasteiger partial charge in [-0.05, 0) is 33.1 Å². The first-order valence-corrected chi connectivity index (χ1v) is 7.40. The summed E-state index contributed by atoms with van der Waals surface area (Å²) < 4.78 is 0. The van der Waals surface area contributed by atoms with Crippen molar-refractivity contribution >= 4 is 22.8 Å². The minimum absolute atomic E-state index is 0.0121. The second kappa shape index (κ2) is 6.45. The molecule has 18 heavy (non-hydrogen) atoms. The quantitative estimate of drug-likeness (QED) is 0.822. The summed E-state index contributed by atoms with van der Waals surface area (Å²) in [5, 5.41) is 7.50. The zero-order valence-electron chi connectivity index (χ0n) is 12.0. The van der Waals surface area contributed by atoms with Crippen molar-refractivity contribution in [2.45, 2.75) is 51.8 Å². The molecule has 1 unspecified atom stereocenters. The van der Waals surface area contributed by atoms with Gasteiger partial charge in [-0.2, -0.15) is 0 Å². The lowest BCUT2D eigenvalue weighted by atomic mass is 10.1. The van der Waals surface area contributed by atoms with Crippen molar-refractivity contribution in [3.63, 3.8) is 0 Å². The average Bonchev–Trinajstić information content (AvgIpc) is 2.59. The number of amidine groups is 1. The van der Waals surface area contributed by atoms with E-state index in [9.17, 15) is 4.79 Å². The van der Waals surface area contributed by atoms with E-state index in [1.54, 1.807) is 11.8 Å². The smallest absolute Gasteiger partial charge is 0.239 e. The van der Waals surface area contributed by atoms with Crippen molar-refractivity contribution in [2.24, 2.45) is 10.9 Å². The maximum absolute atomic E-state index is 11.6. The van der Waals surface area contributed by atoms with Crippen LogP contribution in [0.1, 0.15) is 41.0 Å². The van der Waals surface area contributed by atoms with Crippen LogP contribution in [0.15, 0.2) is 4.99 Å². The minimum atomic E-state index is -0.177. The zero-order valence-corrected chi connectivity index (χ0v) is 12.9. The van der Waals surface area contributed by atoms with Gasteiger partial charge >= 0.3 is 0 Å². The second-order valence-electron chi connectivity index (χ2n) is 6.17. The van der Waals surface area contributed by atoms with Crippen LogP contribution >= 0.6 is 11.8 Å². The molecule has 5 heteroatoms. The van der Waals surface area contributed by atoms with Gasteiger partial charge in [-0.25, -0.2) is 0 Å². The fraction of sp³-hybridized carbons (Fsp3) is 0.846. The molecule has 0 radical (unpaired) electrons. The van der Waals surface area contributed by atoms with Crippen molar-refractivity contribution in [3.05, 3.63) is 0 Å². The molecule has 0 aromatic rings. The molecule has 2 N–H and O–H groups in total. The maximum Gasteiger partial charge on any atom is 0.239 e. The fourth-order valence-electron chi connectivity index (χ4n) is 1.78. The predicted molar refractivity (Wildman–Crippen MR) is 79.0 cm³/mol. The van der Waals surface area contributed by atoms with E-state index in [4.69, 9.17) is 0 Å². The van der Waals surface area contributed by atoms with Gasteiger partial charge in [-0.1, -0.05) is 25.6 Å². The number of thioether (sulfide) groups is 1. The molecular formula is C13H25N3OS. The SMILES string of the molecule is CC(C)CC1CN=C(NCC(=O)NC(C)(C)C)S1. The molecule has 0 spiro atoms. The lowest BCUT2D eigenvalue weighted by molar-refractivity contribution is -0.121. The van der Waals surface area contributed by atoms with Crippen molar-refractivity contribution < 1.29 is 4.79 Å². The molecule has 0 fully saturated rings. The van der Waals surface area contributed by atoms with Crippen molar-refractivity contribution in [2.75, 3.05) is 13.1 Å². The van der Waals surface area contributed by atoms with Crippen LogP contribution in [0.3, 0.4) is 0 Å². The summed E-state index contributed by atoms with van der Waals surface area (Å²) in [5.41, 5.74) is -0.177. The van der Waals surface area contributed by atoms with Crippen LogP contribution < -0.4 is 10.6 Å². The lowest BCUT2D eigenvalue weighted by Gasteiger charge is -2.20. The Morgan fingerprint density at radius 1 is 1.50 bits per heavy atom. The number of carbonyl (C=O) groups is 1. The normalized spacial score (nSPS) is 19.9. The molecule has 1 aliphatic heterocycles. The van der Waals surface area contributed by atoms with E-state index in [0.29, 0.717) is 17.7 Å². The van der Waals surface area contributed by atoms with Crippen LogP contribution in [-0.4, -0.2) is 35.0 Å². The Morgan fingerprint density at radius 3 is 2.72 bits per heavy atom. The minimum Gasteiger partial charge on any atom is -0.356 e. The molecule has 0 aromatic carbocycles. The molecule has 0 bridgehead atoms. The highest BCUT2D eigenvalue weighted by molar-refractivity contribution is 8.14. The van der Waals surface area contributed by atoms with Gasteiger partial charge in [0.1, 0.15) is 0 Å². The van der Waals surface area contributed by atoms with Gasteiger partial charge in [-0.15, -0.1) is 0 Å². The highest BCUT2D eigenvalue weighted by Crippen LogP contribution is 2.25. The van der Waals surface area contributed by atoms with Crippen LogP contribution in [0.4, 0.5) is 0 Å². The monoisotopic (exact) mass is 271 g/mol. The Bertz CT molecular complexity index is 321. The first-order valence-electron chi connectivity index (χ1n) is 6.52. The Kier molecular flexibility index (Phi) is 5.50. The van der Waals surface area contributed by atoms with E-state index in [1.807, 2.05) is 20.8 Å². The summed E-state index contributed by atoms with van der Waals surface area (Å²) in [6, 6.07) is 0. The Morgan fingerprint density at radius 2 is 2.17 bits per heavy atom. The van der Waals surface area contributed by atoms with E-state index in [2.05, 4.69) is 29.5 Å². The predicted octanol–water partition coefficient (Wildman–Crippen LogP) is 2.01. The lowest BCUT2D eigenvalue weighted by Crippen LogP contribution is -2.45. The van der Waals surface area contributed by atoms with Gasteiger partial charge in [0.2, 0.25) is 5.91 Å². The van der Waals surface area contributed by atoms with Crippen LogP contribution in [0.5, 0.6) is 0 Å². The average molecular weight is 271 g/mol. The van der Waals surface area contributed by atoms with Gasteiger partial charge in [0.15, 0.2) is 5.17 Å². The highest BCUT2D eigenvalue weighted by Gasteiger charge is 2.21. The van der Waals surface area contributed by atoms with Gasteiger partial charge in [-0.3, -0.25) is 9.79 Å². The molecule has 1 amide bonds. The van der Waals surface area contributed by atoms with Crippen LogP contribution in [-0.2, 0) is 4.79 Å². The van der Waals surface area contributed by atoms with E-state index in [1.165, 1.54) is 6.42 Å². The number of nitrogens with zero attached hydrogens (tertiary/aromatic N) is 1. The molecule has 1 rings (SSSR count). The van der Waals surface area contributed by atoms with Crippen molar-refractivity contribution in [1.29, 1.82) is 0 Å². The topological polar surface area (TPSA) is 53.5 Å². The van der Waals surface area contributed by atoms with E-state index >= 15 is 0 Å². The summed E-state index contributed by atoms with van der Waals surface area (Å²) >= 11 is 1.76. The molecular weight excluding hydrogens is 246 g/mol. The van der Waals surface area contributed by atoms with Crippen molar-refractivity contribution in [1.82, 2.24) is 10.6 Å². The van der Waals surface area contributed by atoms with Gasteiger partial charge < -0.3 is 10.6 Å². The molecule has 104 valence electrons. The van der Waals surface area contributed by atoms with Crippen molar-refractivity contribution in [3.8, 4) is 0 Å². The molecule has 0 saturated heterocycles. The number of hydrogen-bond donors (Lipinski definition) is 2. The molecule has 0 aliphatic carbocycles. The second-order valence-corrected chi connectivity index (χ2v) is 7.46. The maximum atomic E-state index is 11.6. The van der Waals surface area contributed by atoms with Crippen LogP contribution in [0, 0.1) is 5.92 Å². The molecule has 4 nitrogen and oxygen atoms in total. The van der Waals surface area contributed by atoms with E-state index < -0.39 is 0 Å². The standard InChI is InChI=1S/C13H25N3OS/c1-9(2)6-10-7-14-12(18-10)15-8-11(17)16-13(3,4)5/h9-10H,6-8H2,1-5H3,(H,14,15)(H,16,17). The number of nitrogens with one attached hydrogen (secondary N) is 2. The van der Waals surface area contributed by atoms with E-state index in [0.717, 1.165) is 11.7 Å². The number of carbonyl (C=O) groups excluding carboxylic acids is 1. The first kappa shape index (κ1) is 15.3. The van der Waals surface area contributed by atoms with Crippen LogP contribution in [0.2, 0.25) is 0 Å². The Labute approximate surface area is 114 Å². The van der Waals surface area contributed by atoms with Gasteiger partial charge in [0, 0.05) is 10.8 Å². The molecule has 1 heterocycles. The molecule has 0 aromatic heterocycles. The van der Waals surface area contributed by atoms with Gasteiger partial charge in [0.25, 0.3) is 0 Å². The Hall–Kier alpha value is -0.710. The third-order valence-electron chi connectivity index (χ3n) is 2.37. The third kappa shape index (κ3) is 6.28. The van der Waals surface area contributed by atoms with Gasteiger partial charge in [0.05, 0.1) is 13.1 Å². The first-order chi connectivity index (χ1) is 8.26. The largest absolute Gasteiger partial charge is 0.356 e. The summed E-state index contributed by atoms with van der Waals surface area (Å²) in [6.45, 7) is 11.6. The fourth-order valence-corrected chi connectivity index (χ4v) is 3.03. The summed E-state index contributed by atoms with van der Waals surface area (Å²) in [6.07, 6.45) is 1.17. The number of hydrogen-bond acceptors (Lipinski definition) is 4. The molecule has 0 saturated carbocycles. The number of aliphatic imine (C=N–C) groups is 1. The highest BCUT2D eigenvalue weighted by atomic mass is 32.2. The molecule has 1 aliphatic rings. The van der Waals surface area contributed by atoms with Crippen LogP contribution in [0.25, 0.3) is 0 Å². The summed E-state index contributed by atoms with van der Waals surface area (Å²) in [7, 11) is 0. The zero-order chi connectivity index (χ0) is 13.8. The number of rotatable bonds is 4. The summed E-state index contributed by atoms with van der Waals surface area (Å²) in [4.78, 5) is 16.1. The third-order valence-corrected chi connectivity index (χ3v) is 3.54. The Balaban J connectivity index is 2.23. The van der Waals surface area contributed by atoms with E-state index in [-0.39, 0.29) is 11.4 Å². The summed E-state index contributed by atoms with van der Waals surface area (Å²) in [5.74, 6) is 0.708. The number of amides is 1. The molecule has 1 atom stereocenters.